The summed E-state index contributed by atoms with van der Waals surface area (Å²) in [7, 11) is -3.78. The molecule has 1 aliphatic rings. The van der Waals surface area contributed by atoms with Crippen molar-refractivity contribution in [1.29, 1.82) is 0 Å². The van der Waals surface area contributed by atoms with E-state index in [9.17, 15) is 13.2 Å². The van der Waals surface area contributed by atoms with Crippen molar-refractivity contribution in [1.82, 2.24) is 10.2 Å². The van der Waals surface area contributed by atoms with Gasteiger partial charge in [-0.15, -0.1) is 0 Å². The maximum absolute atomic E-state index is 12.7. The summed E-state index contributed by atoms with van der Waals surface area (Å²) in [4.78, 5) is 15.1. The molecule has 0 radical (unpaired) electrons. The summed E-state index contributed by atoms with van der Waals surface area (Å²) in [6.07, 6.45) is 2.80. The molecular weight excluding hydrogens is 474 g/mol. The van der Waals surface area contributed by atoms with Crippen LogP contribution < -0.4 is 21.1 Å². The first kappa shape index (κ1) is 25.7. The Balaban J connectivity index is 1.35. The number of hydrogen-bond acceptors (Lipinski definition) is 5. The Morgan fingerprint density at radius 3 is 2.08 bits per heavy atom. The summed E-state index contributed by atoms with van der Waals surface area (Å²) in [5.74, 6) is 0. The van der Waals surface area contributed by atoms with Gasteiger partial charge in [-0.3, -0.25) is 0 Å². The highest BCUT2D eigenvalue weighted by Crippen LogP contribution is 2.27. The Morgan fingerprint density at radius 2 is 1.47 bits per heavy atom. The first-order valence-electron chi connectivity index (χ1n) is 12.1. The van der Waals surface area contributed by atoms with Crippen molar-refractivity contribution < 1.29 is 13.2 Å². The Hall–Kier alpha value is -3.40. The van der Waals surface area contributed by atoms with E-state index in [4.69, 9.17) is 5.14 Å². The second-order valence-electron chi connectivity index (χ2n) is 9.23. The Morgan fingerprint density at radius 1 is 0.861 bits per heavy atom. The summed E-state index contributed by atoms with van der Waals surface area (Å²) < 4.78 is 22.9. The molecule has 0 aromatic heterocycles. The molecule has 0 bridgehead atoms. The third-order valence-electron chi connectivity index (χ3n) is 6.58. The summed E-state index contributed by atoms with van der Waals surface area (Å²) in [6.45, 7) is 3.33. The minimum absolute atomic E-state index is 0.00139. The van der Waals surface area contributed by atoms with Gasteiger partial charge in [0.15, 0.2) is 0 Å². The lowest BCUT2D eigenvalue weighted by molar-refractivity contribution is 0.173. The van der Waals surface area contributed by atoms with Gasteiger partial charge in [0.25, 0.3) is 0 Å². The fourth-order valence-corrected chi connectivity index (χ4v) is 4.98. The predicted octanol–water partition coefficient (Wildman–Crippen LogP) is 3.64. The number of nitrogens with one attached hydrogen (secondary N) is 3. The quantitative estimate of drug-likeness (QED) is 0.353. The fraction of sp³-hybridized carbons (Fsp3) is 0.296. The van der Waals surface area contributed by atoms with Gasteiger partial charge in [-0.25, -0.2) is 18.4 Å². The van der Waals surface area contributed by atoms with Crippen molar-refractivity contribution >= 4 is 27.4 Å². The van der Waals surface area contributed by atoms with Crippen LogP contribution in [0.25, 0.3) is 0 Å². The number of amides is 2. The number of carbonyl (C=O) groups is 1. The van der Waals surface area contributed by atoms with E-state index in [0.29, 0.717) is 12.2 Å². The molecule has 1 saturated heterocycles. The minimum atomic E-state index is -3.78. The van der Waals surface area contributed by atoms with Gasteiger partial charge < -0.3 is 20.9 Å². The lowest BCUT2D eigenvalue weighted by atomic mass is 9.86. The number of hydrogen-bond donors (Lipinski definition) is 4. The van der Waals surface area contributed by atoms with E-state index in [-0.39, 0.29) is 16.5 Å². The standard InChI is InChI=1S/C27H33N5O3S/c28-36(34,35)25-13-11-23(12-14-25)30-26(33)29-21-27(31-24-9-5-2-6-10-24)16-19-32(20-17-27)18-15-22-7-3-1-4-8-22/h1-14,31H,15-21H2,(H2,28,34,35)(H2,29,30,33). The molecule has 2 amide bonds. The lowest BCUT2D eigenvalue weighted by Gasteiger charge is -2.43. The number of nitrogens with zero attached hydrogens (tertiary/aromatic N) is 1. The molecular formula is C27H33N5O3S. The zero-order chi connectivity index (χ0) is 25.4. The van der Waals surface area contributed by atoms with Gasteiger partial charge in [0, 0.05) is 37.6 Å². The van der Waals surface area contributed by atoms with Gasteiger partial charge in [-0.2, -0.15) is 0 Å². The summed E-state index contributed by atoms with van der Waals surface area (Å²) in [6, 6.07) is 26.0. The Kier molecular flexibility index (Phi) is 8.25. The average molecular weight is 508 g/mol. The van der Waals surface area contributed by atoms with Gasteiger partial charge in [-0.1, -0.05) is 48.5 Å². The van der Waals surface area contributed by atoms with Crippen LogP contribution in [0.5, 0.6) is 0 Å². The highest BCUT2D eigenvalue weighted by Gasteiger charge is 2.35. The fourth-order valence-electron chi connectivity index (χ4n) is 4.46. The van der Waals surface area contributed by atoms with Crippen LogP contribution >= 0.6 is 0 Å². The van der Waals surface area contributed by atoms with Gasteiger partial charge in [0.1, 0.15) is 0 Å². The molecule has 0 spiro atoms. The van der Waals surface area contributed by atoms with E-state index in [1.165, 1.54) is 29.8 Å². The van der Waals surface area contributed by atoms with E-state index in [0.717, 1.165) is 44.6 Å². The lowest BCUT2D eigenvalue weighted by Crippen LogP contribution is -2.56. The highest BCUT2D eigenvalue weighted by molar-refractivity contribution is 7.89. The zero-order valence-electron chi connectivity index (χ0n) is 20.2. The number of nitrogens with two attached hydrogens (primary N) is 1. The van der Waals surface area contributed by atoms with Crippen LogP contribution in [0.2, 0.25) is 0 Å². The van der Waals surface area contributed by atoms with E-state index in [2.05, 4.69) is 45.1 Å². The molecule has 0 unspecified atom stereocenters. The highest BCUT2D eigenvalue weighted by atomic mass is 32.2. The van der Waals surface area contributed by atoms with E-state index in [1.807, 2.05) is 36.4 Å². The number of carbonyl (C=O) groups excluding carboxylic acids is 1. The molecule has 1 heterocycles. The van der Waals surface area contributed by atoms with Crippen LogP contribution in [0.1, 0.15) is 18.4 Å². The van der Waals surface area contributed by atoms with Gasteiger partial charge in [0.05, 0.1) is 10.4 Å². The van der Waals surface area contributed by atoms with Crippen LogP contribution in [-0.4, -0.2) is 51.1 Å². The molecule has 0 saturated carbocycles. The third kappa shape index (κ3) is 7.30. The van der Waals surface area contributed by atoms with Gasteiger partial charge in [0.2, 0.25) is 10.0 Å². The average Bonchev–Trinajstić information content (AvgIpc) is 2.88. The molecule has 9 heteroatoms. The van der Waals surface area contributed by atoms with E-state index in [1.54, 1.807) is 0 Å². The summed E-state index contributed by atoms with van der Waals surface area (Å²) in [5.41, 5.74) is 2.57. The van der Waals surface area contributed by atoms with Crippen molar-refractivity contribution in [3.05, 3.63) is 90.5 Å². The van der Waals surface area contributed by atoms with E-state index < -0.39 is 10.0 Å². The monoisotopic (exact) mass is 507 g/mol. The molecule has 36 heavy (non-hydrogen) atoms. The minimum Gasteiger partial charge on any atom is -0.378 e. The Labute approximate surface area is 212 Å². The van der Waals surface area contributed by atoms with Gasteiger partial charge >= 0.3 is 6.03 Å². The number of benzene rings is 3. The number of anilines is 2. The van der Waals surface area contributed by atoms with Crippen LogP contribution in [0.3, 0.4) is 0 Å². The second kappa shape index (κ2) is 11.6. The number of para-hydroxylation sites is 1. The third-order valence-corrected chi connectivity index (χ3v) is 7.51. The molecule has 1 fully saturated rings. The van der Waals surface area contributed by atoms with Crippen molar-refractivity contribution in [3.63, 3.8) is 0 Å². The summed E-state index contributed by atoms with van der Waals surface area (Å²) in [5, 5.41) is 14.6. The Bertz CT molecular complexity index is 1230. The summed E-state index contributed by atoms with van der Waals surface area (Å²) >= 11 is 0. The second-order valence-corrected chi connectivity index (χ2v) is 10.8. The van der Waals surface area contributed by atoms with Crippen molar-refractivity contribution in [2.24, 2.45) is 5.14 Å². The molecule has 8 nitrogen and oxygen atoms in total. The molecule has 3 aromatic carbocycles. The number of piperidine rings is 1. The normalized spacial score (nSPS) is 15.7. The number of rotatable bonds is 9. The molecule has 5 N–H and O–H groups in total. The van der Waals surface area contributed by atoms with Crippen LogP contribution in [0.15, 0.2) is 89.8 Å². The maximum atomic E-state index is 12.7. The molecule has 190 valence electrons. The number of sulfonamides is 1. The largest absolute Gasteiger partial charge is 0.378 e. The molecule has 0 aliphatic carbocycles. The van der Waals surface area contributed by atoms with Gasteiger partial charge in [-0.05, 0) is 61.2 Å². The molecule has 3 aromatic rings. The zero-order valence-corrected chi connectivity index (χ0v) is 21.0. The van der Waals surface area contributed by atoms with E-state index >= 15 is 0 Å². The molecule has 0 atom stereocenters. The smallest absolute Gasteiger partial charge is 0.319 e. The maximum Gasteiger partial charge on any atom is 0.319 e. The molecule has 4 rings (SSSR count). The first-order chi connectivity index (χ1) is 17.3. The van der Waals surface area contributed by atoms with Crippen molar-refractivity contribution in [3.8, 4) is 0 Å². The van der Waals surface area contributed by atoms with Crippen LogP contribution in [0.4, 0.5) is 16.2 Å². The van der Waals surface area contributed by atoms with Crippen molar-refractivity contribution in [2.45, 2.75) is 29.7 Å². The van der Waals surface area contributed by atoms with Crippen molar-refractivity contribution in [2.75, 3.05) is 36.8 Å². The predicted molar refractivity (Wildman–Crippen MR) is 143 cm³/mol. The number of primary sulfonamides is 1. The van der Waals surface area contributed by atoms with Crippen LogP contribution in [-0.2, 0) is 16.4 Å². The number of likely N-dealkylation sites (tertiary alicyclic amines) is 1. The topological polar surface area (TPSA) is 117 Å². The number of urea groups is 1. The first-order valence-corrected chi connectivity index (χ1v) is 13.6. The SMILES string of the molecule is NS(=O)(=O)c1ccc(NC(=O)NCC2(Nc3ccccc3)CCN(CCc3ccccc3)CC2)cc1. The molecule has 1 aliphatic heterocycles. The van der Waals surface area contributed by atoms with Crippen LogP contribution in [0, 0.1) is 0 Å².